The molecule has 5 nitrogen and oxygen atoms in total. The topological polar surface area (TPSA) is 72.5 Å². The van der Waals surface area contributed by atoms with E-state index >= 15 is 0 Å². The van der Waals surface area contributed by atoms with Gasteiger partial charge in [-0.05, 0) is 42.5 Å². The number of hydrogen-bond donors (Lipinski definition) is 1. The van der Waals surface area contributed by atoms with Crippen LogP contribution in [0.15, 0.2) is 51.8 Å². The minimum Gasteiger partial charge on any atom is -0.465 e. The third kappa shape index (κ3) is 4.00. The van der Waals surface area contributed by atoms with Gasteiger partial charge in [0.05, 0.1) is 17.6 Å². The molecule has 2 rings (SSSR count). The number of carbonyl (C=O) groups is 1. The summed E-state index contributed by atoms with van der Waals surface area (Å²) in [4.78, 5) is 11.4. The lowest BCUT2D eigenvalue weighted by molar-refractivity contribution is 0.0600. The molecule has 0 aliphatic heterocycles. The maximum Gasteiger partial charge on any atom is 0.337 e. The fourth-order valence-electron chi connectivity index (χ4n) is 1.69. The van der Waals surface area contributed by atoms with Crippen molar-refractivity contribution in [3.63, 3.8) is 0 Å². The van der Waals surface area contributed by atoms with E-state index in [1.54, 1.807) is 24.3 Å². The molecule has 0 unspecified atom stereocenters. The van der Waals surface area contributed by atoms with Crippen molar-refractivity contribution in [1.82, 2.24) is 0 Å². The average molecular weight is 405 g/mol. The first-order chi connectivity index (χ1) is 10.3. The molecule has 0 bridgehead atoms. The van der Waals surface area contributed by atoms with Gasteiger partial charge in [0, 0.05) is 15.2 Å². The minimum atomic E-state index is -3.87. The van der Waals surface area contributed by atoms with Crippen molar-refractivity contribution in [2.75, 3.05) is 11.8 Å². The molecule has 0 radical (unpaired) electrons. The molecule has 0 saturated carbocycles. The van der Waals surface area contributed by atoms with Crippen LogP contribution in [-0.4, -0.2) is 21.5 Å². The van der Waals surface area contributed by atoms with Crippen molar-refractivity contribution in [2.45, 2.75) is 4.90 Å². The van der Waals surface area contributed by atoms with Gasteiger partial charge in [0.2, 0.25) is 0 Å². The molecule has 0 amide bonds. The van der Waals surface area contributed by atoms with Crippen LogP contribution in [-0.2, 0) is 14.8 Å². The molecule has 8 heteroatoms. The second-order valence-electron chi connectivity index (χ2n) is 4.28. The number of methoxy groups -OCH3 is 1. The van der Waals surface area contributed by atoms with Gasteiger partial charge >= 0.3 is 5.97 Å². The minimum absolute atomic E-state index is 0.0613. The van der Waals surface area contributed by atoms with Crippen molar-refractivity contribution in [3.8, 4) is 0 Å². The van der Waals surface area contributed by atoms with Gasteiger partial charge in [-0.2, -0.15) is 0 Å². The van der Waals surface area contributed by atoms with Crippen LogP contribution in [0.4, 0.5) is 5.69 Å². The molecular formula is C14H11BrClNO4S. The molecule has 1 N–H and O–H groups in total. The molecular weight excluding hydrogens is 394 g/mol. The fourth-order valence-corrected chi connectivity index (χ4v) is 3.38. The summed E-state index contributed by atoms with van der Waals surface area (Å²) in [5, 5.41) is 0.124. The highest BCUT2D eigenvalue weighted by molar-refractivity contribution is 9.10. The Balaban J connectivity index is 2.38. The second-order valence-corrected chi connectivity index (χ2v) is 7.31. The molecule has 0 aliphatic carbocycles. The van der Waals surface area contributed by atoms with E-state index in [1.807, 2.05) is 0 Å². The summed E-state index contributed by atoms with van der Waals surface area (Å²) in [6.07, 6.45) is 0. The van der Waals surface area contributed by atoms with E-state index in [0.29, 0.717) is 5.69 Å². The highest BCUT2D eigenvalue weighted by Crippen LogP contribution is 2.23. The number of carbonyl (C=O) groups excluding carboxylic acids is 1. The second kappa shape index (κ2) is 6.68. The number of esters is 1. The van der Waals surface area contributed by atoms with Gasteiger partial charge in [0.25, 0.3) is 10.0 Å². The smallest absolute Gasteiger partial charge is 0.337 e. The molecule has 0 spiro atoms. The summed E-state index contributed by atoms with van der Waals surface area (Å²) in [6.45, 7) is 0. The highest BCUT2D eigenvalue weighted by Gasteiger charge is 2.18. The molecule has 2 aromatic rings. The number of nitrogens with one attached hydrogen (secondary N) is 1. The number of anilines is 1. The van der Waals surface area contributed by atoms with Crippen LogP contribution in [0.3, 0.4) is 0 Å². The molecule has 22 heavy (non-hydrogen) atoms. The number of sulfonamides is 1. The number of benzene rings is 2. The lowest BCUT2D eigenvalue weighted by atomic mass is 10.2. The van der Waals surface area contributed by atoms with E-state index in [9.17, 15) is 13.2 Å². The first kappa shape index (κ1) is 16.8. The standard InChI is InChI=1S/C14H11BrClNO4S/c1-21-14(18)9-6-11(16)8-13(7-9)22(19,20)17-12-4-2-10(15)3-5-12/h2-8,17H,1H3. The van der Waals surface area contributed by atoms with Crippen LogP contribution < -0.4 is 4.72 Å². The van der Waals surface area contributed by atoms with Gasteiger partial charge in [-0.3, -0.25) is 4.72 Å². The predicted molar refractivity (Wildman–Crippen MR) is 87.7 cm³/mol. The Hall–Kier alpha value is -1.57. The zero-order valence-electron chi connectivity index (χ0n) is 11.3. The zero-order chi connectivity index (χ0) is 16.3. The van der Waals surface area contributed by atoms with Crippen molar-refractivity contribution < 1.29 is 17.9 Å². The Morgan fingerprint density at radius 2 is 1.82 bits per heavy atom. The molecule has 0 aliphatic rings. The van der Waals surface area contributed by atoms with E-state index in [4.69, 9.17) is 11.6 Å². The monoisotopic (exact) mass is 403 g/mol. The normalized spacial score (nSPS) is 11.0. The van der Waals surface area contributed by atoms with Crippen LogP contribution in [0.1, 0.15) is 10.4 Å². The van der Waals surface area contributed by atoms with E-state index in [1.165, 1.54) is 25.3 Å². The third-order valence-corrected chi connectivity index (χ3v) is 4.81. The van der Waals surface area contributed by atoms with E-state index in [0.717, 1.165) is 4.47 Å². The van der Waals surface area contributed by atoms with Crippen molar-refractivity contribution in [2.24, 2.45) is 0 Å². The third-order valence-electron chi connectivity index (χ3n) is 2.70. The zero-order valence-corrected chi connectivity index (χ0v) is 14.5. The van der Waals surface area contributed by atoms with Crippen molar-refractivity contribution in [1.29, 1.82) is 0 Å². The van der Waals surface area contributed by atoms with Gasteiger partial charge < -0.3 is 4.74 Å². The van der Waals surface area contributed by atoms with Crippen LogP contribution in [0, 0.1) is 0 Å². The molecule has 0 fully saturated rings. The maximum atomic E-state index is 12.4. The Morgan fingerprint density at radius 3 is 2.41 bits per heavy atom. The number of ether oxygens (including phenoxy) is 1. The van der Waals surface area contributed by atoms with Crippen LogP contribution in [0.25, 0.3) is 0 Å². The molecule has 0 aromatic heterocycles. The van der Waals surface area contributed by atoms with Crippen molar-refractivity contribution in [3.05, 3.63) is 57.5 Å². The first-order valence-electron chi connectivity index (χ1n) is 5.99. The predicted octanol–water partition coefficient (Wildman–Crippen LogP) is 3.69. The van der Waals surface area contributed by atoms with Crippen LogP contribution in [0.5, 0.6) is 0 Å². The van der Waals surface area contributed by atoms with Crippen molar-refractivity contribution >= 4 is 49.2 Å². The molecule has 0 heterocycles. The summed E-state index contributed by atoms with van der Waals surface area (Å²) in [5.41, 5.74) is 0.453. The summed E-state index contributed by atoms with van der Waals surface area (Å²) >= 11 is 9.14. The van der Waals surface area contributed by atoms with Crippen LogP contribution in [0.2, 0.25) is 5.02 Å². The van der Waals surface area contributed by atoms with Crippen LogP contribution >= 0.6 is 27.5 Å². The van der Waals surface area contributed by atoms with E-state index in [2.05, 4.69) is 25.4 Å². The Kier molecular flexibility index (Phi) is 5.10. The number of halogens is 2. The molecule has 0 atom stereocenters. The number of hydrogen-bond acceptors (Lipinski definition) is 4. The van der Waals surface area contributed by atoms with Gasteiger partial charge in [0.15, 0.2) is 0 Å². The summed E-state index contributed by atoms with van der Waals surface area (Å²) in [7, 11) is -2.66. The highest BCUT2D eigenvalue weighted by atomic mass is 79.9. The Labute approximate surface area is 141 Å². The summed E-state index contributed by atoms with van der Waals surface area (Å²) in [6, 6.07) is 10.4. The van der Waals surface area contributed by atoms with Gasteiger partial charge in [0.1, 0.15) is 0 Å². The summed E-state index contributed by atoms with van der Waals surface area (Å²) < 4.78 is 32.5. The first-order valence-corrected chi connectivity index (χ1v) is 8.64. The number of rotatable bonds is 4. The SMILES string of the molecule is COC(=O)c1cc(Cl)cc(S(=O)(=O)Nc2ccc(Br)cc2)c1. The maximum absolute atomic E-state index is 12.4. The van der Waals surface area contributed by atoms with E-state index in [-0.39, 0.29) is 15.5 Å². The molecule has 116 valence electrons. The fraction of sp³-hybridized carbons (Fsp3) is 0.0714. The molecule has 0 saturated heterocycles. The van der Waals surface area contributed by atoms with Gasteiger partial charge in [-0.25, -0.2) is 13.2 Å². The largest absolute Gasteiger partial charge is 0.465 e. The Morgan fingerprint density at radius 1 is 1.18 bits per heavy atom. The lowest BCUT2D eigenvalue weighted by Crippen LogP contribution is -2.14. The quantitative estimate of drug-likeness (QED) is 0.789. The summed E-state index contributed by atoms with van der Waals surface area (Å²) in [5.74, 6) is -0.664. The van der Waals surface area contributed by atoms with E-state index < -0.39 is 16.0 Å². The van der Waals surface area contributed by atoms with Gasteiger partial charge in [-0.1, -0.05) is 27.5 Å². The average Bonchev–Trinajstić information content (AvgIpc) is 2.48. The Bertz CT molecular complexity index is 806. The molecule has 2 aromatic carbocycles. The van der Waals surface area contributed by atoms with Gasteiger partial charge in [-0.15, -0.1) is 0 Å². The lowest BCUT2D eigenvalue weighted by Gasteiger charge is -2.10.